The third kappa shape index (κ3) is 3.26. The maximum absolute atomic E-state index is 6.17. The quantitative estimate of drug-likeness (QED) is 0.772. The summed E-state index contributed by atoms with van der Waals surface area (Å²) in [5, 5.41) is 0. The molecule has 0 saturated carbocycles. The van der Waals surface area contributed by atoms with Crippen molar-refractivity contribution in [2.45, 2.75) is 45.6 Å². The van der Waals surface area contributed by atoms with E-state index in [9.17, 15) is 0 Å². The van der Waals surface area contributed by atoms with Crippen LogP contribution in [-0.4, -0.2) is 5.75 Å². The van der Waals surface area contributed by atoms with Gasteiger partial charge in [-0.1, -0.05) is 39.0 Å². The Bertz CT molecular complexity index is 352. The number of aryl methyl sites for hydroxylation is 1. The molecule has 0 saturated heterocycles. The van der Waals surface area contributed by atoms with Gasteiger partial charge in [-0.25, -0.2) is 0 Å². The number of nitrogens with two attached hydrogens (primary N) is 1. The summed E-state index contributed by atoms with van der Waals surface area (Å²) in [5.74, 6) is 0.834. The summed E-state index contributed by atoms with van der Waals surface area (Å²) in [4.78, 5) is 0. The highest BCUT2D eigenvalue weighted by Gasteiger charge is 2.16. The van der Waals surface area contributed by atoms with Crippen molar-refractivity contribution in [3.63, 3.8) is 0 Å². The average molecular weight is 237 g/mol. The lowest BCUT2D eigenvalue weighted by Gasteiger charge is -2.22. The van der Waals surface area contributed by atoms with Crippen LogP contribution in [0.4, 0.5) is 0 Å². The summed E-state index contributed by atoms with van der Waals surface area (Å²) in [7, 11) is 0. The minimum atomic E-state index is 0.111. The van der Waals surface area contributed by atoms with Crippen molar-refractivity contribution in [1.82, 2.24) is 0 Å². The van der Waals surface area contributed by atoms with Crippen LogP contribution in [0.1, 0.15) is 49.9 Å². The van der Waals surface area contributed by atoms with Crippen molar-refractivity contribution in [2.24, 2.45) is 5.73 Å². The predicted octanol–water partition coefficient (Wildman–Crippen LogP) is 3.61. The molecule has 0 radical (unpaired) electrons. The van der Waals surface area contributed by atoms with Crippen molar-refractivity contribution in [1.29, 1.82) is 0 Å². The molecule has 1 unspecified atom stereocenters. The summed E-state index contributed by atoms with van der Waals surface area (Å²) in [6.45, 7) is 8.81. The normalized spacial score (nSPS) is 13.9. The summed E-state index contributed by atoms with van der Waals surface area (Å²) in [6.07, 6.45) is 0.928. The third-order valence-electron chi connectivity index (χ3n) is 2.98. The topological polar surface area (TPSA) is 26.0 Å². The van der Waals surface area contributed by atoms with Gasteiger partial charge >= 0.3 is 0 Å². The molecule has 0 aromatic heterocycles. The van der Waals surface area contributed by atoms with Crippen LogP contribution >= 0.6 is 12.6 Å². The molecule has 0 aliphatic rings. The molecule has 1 rings (SSSR count). The predicted molar refractivity (Wildman–Crippen MR) is 75.3 cm³/mol. The minimum Gasteiger partial charge on any atom is -0.324 e. The van der Waals surface area contributed by atoms with E-state index < -0.39 is 0 Å². The van der Waals surface area contributed by atoms with Crippen LogP contribution in [0.25, 0.3) is 0 Å². The van der Waals surface area contributed by atoms with Gasteiger partial charge in [-0.05, 0) is 41.2 Å². The maximum atomic E-state index is 6.17. The number of hydrogen-bond donors (Lipinski definition) is 2. The minimum absolute atomic E-state index is 0.111. The first kappa shape index (κ1) is 13.6. The standard InChI is InChI=1S/C14H23NS/c1-10-5-6-11(14(2,3)4)9-12(10)13(15)7-8-16/h5-6,9,13,16H,7-8,15H2,1-4H3. The fourth-order valence-corrected chi connectivity index (χ4v) is 2.08. The Morgan fingerprint density at radius 3 is 2.44 bits per heavy atom. The smallest absolute Gasteiger partial charge is 0.0305 e. The molecule has 2 heteroatoms. The lowest BCUT2D eigenvalue weighted by Crippen LogP contribution is -2.16. The number of benzene rings is 1. The Morgan fingerprint density at radius 2 is 1.94 bits per heavy atom. The molecule has 0 bridgehead atoms. The molecule has 90 valence electrons. The van der Waals surface area contributed by atoms with Crippen molar-refractivity contribution >= 4 is 12.6 Å². The molecular weight excluding hydrogens is 214 g/mol. The zero-order valence-electron chi connectivity index (χ0n) is 10.7. The fraction of sp³-hybridized carbons (Fsp3) is 0.571. The molecule has 1 aromatic rings. The van der Waals surface area contributed by atoms with E-state index in [0.29, 0.717) is 0 Å². The number of thiol groups is 1. The fourth-order valence-electron chi connectivity index (χ4n) is 1.80. The maximum Gasteiger partial charge on any atom is 0.0305 e. The molecule has 2 N–H and O–H groups in total. The van der Waals surface area contributed by atoms with Crippen LogP contribution in [0.5, 0.6) is 0 Å². The van der Waals surface area contributed by atoms with Gasteiger partial charge in [-0.3, -0.25) is 0 Å². The zero-order chi connectivity index (χ0) is 12.3. The van der Waals surface area contributed by atoms with Gasteiger partial charge in [0.05, 0.1) is 0 Å². The first-order valence-electron chi connectivity index (χ1n) is 5.83. The van der Waals surface area contributed by atoms with Crippen molar-refractivity contribution < 1.29 is 0 Å². The van der Waals surface area contributed by atoms with E-state index in [0.717, 1.165) is 12.2 Å². The van der Waals surface area contributed by atoms with Gasteiger partial charge < -0.3 is 5.73 Å². The highest BCUT2D eigenvalue weighted by molar-refractivity contribution is 7.80. The Morgan fingerprint density at radius 1 is 1.31 bits per heavy atom. The van der Waals surface area contributed by atoms with E-state index in [1.165, 1.54) is 16.7 Å². The lowest BCUT2D eigenvalue weighted by molar-refractivity contribution is 0.586. The average Bonchev–Trinajstić information content (AvgIpc) is 2.16. The van der Waals surface area contributed by atoms with Gasteiger partial charge in [-0.15, -0.1) is 0 Å². The molecule has 0 fully saturated rings. The van der Waals surface area contributed by atoms with Crippen LogP contribution in [0.15, 0.2) is 18.2 Å². The summed E-state index contributed by atoms with van der Waals surface area (Å²) < 4.78 is 0. The van der Waals surface area contributed by atoms with Crippen LogP contribution in [0.3, 0.4) is 0 Å². The first-order chi connectivity index (χ1) is 7.36. The van der Waals surface area contributed by atoms with Crippen LogP contribution in [0, 0.1) is 6.92 Å². The summed E-state index contributed by atoms with van der Waals surface area (Å²) in [6, 6.07) is 6.74. The molecule has 1 aromatic carbocycles. The van der Waals surface area contributed by atoms with Crippen LogP contribution < -0.4 is 5.73 Å². The molecule has 0 aliphatic carbocycles. The molecule has 0 aliphatic heterocycles. The van der Waals surface area contributed by atoms with Crippen LogP contribution in [-0.2, 0) is 5.41 Å². The lowest BCUT2D eigenvalue weighted by atomic mass is 9.84. The number of hydrogen-bond acceptors (Lipinski definition) is 2. The Kier molecular flexibility index (Phi) is 4.45. The molecule has 1 nitrogen and oxygen atoms in total. The second-order valence-electron chi connectivity index (χ2n) is 5.44. The van der Waals surface area contributed by atoms with Gasteiger partial charge in [-0.2, -0.15) is 12.6 Å². The molecule has 1 atom stereocenters. The molecule has 0 heterocycles. The second kappa shape index (κ2) is 5.24. The van der Waals surface area contributed by atoms with E-state index in [-0.39, 0.29) is 11.5 Å². The molecule has 0 amide bonds. The summed E-state index contributed by atoms with van der Waals surface area (Å²) >= 11 is 4.25. The Hall–Kier alpha value is -0.470. The van der Waals surface area contributed by atoms with Crippen molar-refractivity contribution in [3.05, 3.63) is 34.9 Å². The first-order valence-corrected chi connectivity index (χ1v) is 6.47. The van der Waals surface area contributed by atoms with Gasteiger partial charge in [0.15, 0.2) is 0 Å². The van der Waals surface area contributed by atoms with Gasteiger partial charge in [0.1, 0.15) is 0 Å². The van der Waals surface area contributed by atoms with Gasteiger partial charge in [0, 0.05) is 6.04 Å². The van der Waals surface area contributed by atoms with Gasteiger partial charge in [0.2, 0.25) is 0 Å². The molecule has 16 heavy (non-hydrogen) atoms. The van der Waals surface area contributed by atoms with Crippen molar-refractivity contribution in [2.75, 3.05) is 5.75 Å². The van der Waals surface area contributed by atoms with E-state index in [1.54, 1.807) is 0 Å². The molecule has 0 spiro atoms. The van der Waals surface area contributed by atoms with Gasteiger partial charge in [0.25, 0.3) is 0 Å². The van der Waals surface area contributed by atoms with E-state index >= 15 is 0 Å². The molecular formula is C14H23NS. The van der Waals surface area contributed by atoms with E-state index in [1.807, 2.05) is 0 Å². The summed E-state index contributed by atoms with van der Waals surface area (Å²) in [5.41, 5.74) is 10.2. The Balaban J connectivity index is 3.09. The second-order valence-corrected chi connectivity index (χ2v) is 5.89. The van der Waals surface area contributed by atoms with Crippen LogP contribution in [0.2, 0.25) is 0 Å². The SMILES string of the molecule is Cc1ccc(C(C)(C)C)cc1C(N)CCS. The highest BCUT2D eigenvalue weighted by Crippen LogP contribution is 2.27. The third-order valence-corrected chi connectivity index (χ3v) is 3.24. The Labute approximate surface area is 105 Å². The van der Waals surface area contributed by atoms with Crippen molar-refractivity contribution in [3.8, 4) is 0 Å². The van der Waals surface area contributed by atoms with E-state index in [2.05, 4.69) is 58.5 Å². The largest absolute Gasteiger partial charge is 0.324 e. The highest BCUT2D eigenvalue weighted by atomic mass is 32.1. The van der Waals surface area contributed by atoms with E-state index in [4.69, 9.17) is 5.73 Å². The number of rotatable bonds is 3. The zero-order valence-corrected chi connectivity index (χ0v) is 11.6. The monoisotopic (exact) mass is 237 g/mol.